The van der Waals surface area contributed by atoms with Crippen LogP contribution < -0.4 is 0 Å². The van der Waals surface area contributed by atoms with Gasteiger partial charge in [-0.15, -0.1) is 11.3 Å². The quantitative estimate of drug-likeness (QED) is 0.227. The van der Waals surface area contributed by atoms with E-state index < -0.39 is 0 Å². The molecule has 3 aromatic heterocycles. The van der Waals surface area contributed by atoms with Gasteiger partial charge in [-0.25, -0.2) is 4.98 Å². The van der Waals surface area contributed by atoms with Crippen LogP contribution in [0, 0.1) is 0 Å². The standard InChI is InChI=1S/C36H23N3S/c1-2-9-24(10-3-1)25-16-18-29-30-19-17-27(36-38-32-14-4-5-15-35(32)40-36)23-34(30)39(33(29)22-25)28-12-8-11-26(21-28)31-13-6-7-20-37-31/h1-23H. The third-order valence-electron chi connectivity index (χ3n) is 7.48. The van der Waals surface area contributed by atoms with Crippen LogP contribution in [0.5, 0.6) is 0 Å². The highest BCUT2D eigenvalue weighted by Gasteiger charge is 2.16. The van der Waals surface area contributed by atoms with Crippen LogP contribution in [0.25, 0.3) is 70.7 Å². The molecule has 0 atom stereocenters. The van der Waals surface area contributed by atoms with Crippen molar-refractivity contribution in [1.82, 2.24) is 14.5 Å². The summed E-state index contributed by atoms with van der Waals surface area (Å²) in [6, 6.07) is 47.2. The highest BCUT2D eigenvalue weighted by Crippen LogP contribution is 2.38. The molecule has 0 spiro atoms. The van der Waals surface area contributed by atoms with Gasteiger partial charge in [-0.05, 0) is 59.7 Å². The molecule has 0 radical (unpaired) electrons. The van der Waals surface area contributed by atoms with E-state index >= 15 is 0 Å². The van der Waals surface area contributed by atoms with Gasteiger partial charge in [0.15, 0.2) is 0 Å². The second-order valence-corrected chi connectivity index (χ2v) is 10.9. The van der Waals surface area contributed by atoms with Crippen LogP contribution in [-0.2, 0) is 0 Å². The van der Waals surface area contributed by atoms with Gasteiger partial charge in [-0.3, -0.25) is 4.98 Å². The molecule has 0 N–H and O–H groups in total. The molecule has 8 rings (SSSR count). The second kappa shape index (κ2) is 9.30. The maximum atomic E-state index is 4.95. The lowest BCUT2D eigenvalue weighted by Gasteiger charge is -2.11. The largest absolute Gasteiger partial charge is 0.309 e. The van der Waals surface area contributed by atoms with Crippen LogP contribution in [0.4, 0.5) is 0 Å². The Labute approximate surface area is 235 Å². The van der Waals surface area contributed by atoms with Gasteiger partial charge in [0.25, 0.3) is 0 Å². The zero-order chi connectivity index (χ0) is 26.5. The highest BCUT2D eigenvalue weighted by molar-refractivity contribution is 7.21. The molecule has 0 saturated heterocycles. The summed E-state index contributed by atoms with van der Waals surface area (Å²) in [6.07, 6.45) is 1.85. The fourth-order valence-electron chi connectivity index (χ4n) is 5.57. The molecule has 0 unspecified atom stereocenters. The first-order valence-electron chi connectivity index (χ1n) is 13.3. The van der Waals surface area contributed by atoms with E-state index in [0.29, 0.717) is 0 Å². The molecule has 0 amide bonds. The molecule has 5 aromatic carbocycles. The van der Waals surface area contributed by atoms with E-state index in [9.17, 15) is 0 Å². The van der Waals surface area contributed by atoms with Crippen molar-refractivity contribution in [3.63, 3.8) is 0 Å². The predicted molar refractivity (Wildman–Crippen MR) is 168 cm³/mol. The zero-order valence-corrected chi connectivity index (χ0v) is 22.3. The van der Waals surface area contributed by atoms with Crippen LogP contribution in [-0.4, -0.2) is 14.5 Å². The third-order valence-corrected chi connectivity index (χ3v) is 8.57. The van der Waals surface area contributed by atoms with Crippen molar-refractivity contribution in [2.24, 2.45) is 0 Å². The first-order chi connectivity index (χ1) is 19.8. The second-order valence-electron chi connectivity index (χ2n) is 9.92. The molecule has 0 bridgehead atoms. The lowest BCUT2D eigenvalue weighted by atomic mass is 10.0. The first-order valence-corrected chi connectivity index (χ1v) is 14.1. The Bertz CT molecular complexity index is 2130. The molecular weight excluding hydrogens is 506 g/mol. The number of hydrogen-bond donors (Lipinski definition) is 0. The van der Waals surface area contributed by atoms with Crippen LogP contribution in [0.15, 0.2) is 140 Å². The Morgan fingerprint density at radius 1 is 0.525 bits per heavy atom. The minimum atomic E-state index is 0.963. The van der Waals surface area contributed by atoms with Gasteiger partial charge in [-0.1, -0.05) is 84.9 Å². The van der Waals surface area contributed by atoms with E-state index in [2.05, 4.69) is 125 Å². The van der Waals surface area contributed by atoms with Crippen molar-refractivity contribution in [3.05, 3.63) is 140 Å². The van der Waals surface area contributed by atoms with Crippen molar-refractivity contribution in [2.75, 3.05) is 0 Å². The number of thiazole rings is 1. The minimum Gasteiger partial charge on any atom is -0.309 e. The van der Waals surface area contributed by atoms with Gasteiger partial charge < -0.3 is 4.57 Å². The lowest BCUT2D eigenvalue weighted by Crippen LogP contribution is -1.95. The molecule has 0 aliphatic rings. The molecular formula is C36H23N3S. The summed E-state index contributed by atoms with van der Waals surface area (Å²) in [5.41, 5.74) is 10.1. The summed E-state index contributed by atoms with van der Waals surface area (Å²) in [7, 11) is 0. The Kier molecular flexibility index (Phi) is 5.32. The van der Waals surface area contributed by atoms with Gasteiger partial charge in [0, 0.05) is 33.8 Å². The maximum absolute atomic E-state index is 4.95. The summed E-state index contributed by atoms with van der Waals surface area (Å²) in [5.74, 6) is 0. The third kappa shape index (κ3) is 3.81. The summed E-state index contributed by atoms with van der Waals surface area (Å²) in [6.45, 7) is 0. The van der Waals surface area contributed by atoms with E-state index in [1.54, 1.807) is 11.3 Å². The smallest absolute Gasteiger partial charge is 0.124 e. The predicted octanol–water partition coefficient (Wildman–Crippen LogP) is 9.79. The number of rotatable bonds is 4. The van der Waals surface area contributed by atoms with Crippen molar-refractivity contribution >= 4 is 43.4 Å². The summed E-state index contributed by atoms with van der Waals surface area (Å²) < 4.78 is 3.59. The van der Waals surface area contributed by atoms with Gasteiger partial charge >= 0.3 is 0 Å². The number of hydrogen-bond acceptors (Lipinski definition) is 3. The fraction of sp³-hybridized carbons (Fsp3) is 0. The molecule has 40 heavy (non-hydrogen) atoms. The highest BCUT2D eigenvalue weighted by atomic mass is 32.1. The van der Waals surface area contributed by atoms with Crippen molar-refractivity contribution < 1.29 is 0 Å². The van der Waals surface area contributed by atoms with Crippen molar-refractivity contribution in [2.45, 2.75) is 0 Å². The normalized spacial score (nSPS) is 11.5. The minimum absolute atomic E-state index is 0.963. The monoisotopic (exact) mass is 529 g/mol. The molecule has 188 valence electrons. The van der Waals surface area contributed by atoms with E-state index in [-0.39, 0.29) is 0 Å². The zero-order valence-electron chi connectivity index (χ0n) is 21.5. The Hall–Kier alpha value is -5.06. The molecule has 3 heterocycles. The van der Waals surface area contributed by atoms with Gasteiger partial charge in [-0.2, -0.15) is 0 Å². The topological polar surface area (TPSA) is 30.7 Å². The summed E-state index contributed by atoms with van der Waals surface area (Å²) in [4.78, 5) is 9.56. The summed E-state index contributed by atoms with van der Waals surface area (Å²) >= 11 is 1.74. The number of fused-ring (bicyclic) bond motifs is 4. The van der Waals surface area contributed by atoms with Crippen molar-refractivity contribution in [3.8, 4) is 38.6 Å². The fourth-order valence-corrected chi connectivity index (χ4v) is 6.54. The number of pyridine rings is 1. The molecule has 3 nitrogen and oxygen atoms in total. The van der Waals surface area contributed by atoms with Crippen molar-refractivity contribution in [1.29, 1.82) is 0 Å². The number of aromatic nitrogens is 3. The lowest BCUT2D eigenvalue weighted by molar-refractivity contribution is 1.18. The number of benzene rings is 5. The Balaban J connectivity index is 1.40. The molecule has 4 heteroatoms. The van der Waals surface area contributed by atoms with E-state index in [1.165, 1.54) is 32.1 Å². The molecule has 8 aromatic rings. The number of para-hydroxylation sites is 1. The average Bonchev–Trinajstić information content (AvgIpc) is 3.61. The van der Waals surface area contributed by atoms with Crippen LogP contribution in [0.3, 0.4) is 0 Å². The van der Waals surface area contributed by atoms with Gasteiger partial charge in [0.1, 0.15) is 5.01 Å². The molecule has 0 aliphatic heterocycles. The van der Waals surface area contributed by atoms with E-state index in [0.717, 1.165) is 38.5 Å². The van der Waals surface area contributed by atoms with E-state index in [1.807, 2.05) is 24.4 Å². The molecule has 0 saturated carbocycles. The SMILES string of the molecule is c1ccc(-c2ccc3c4ccc(-c5nc6ccccc6s5)cc4n(-c4cccc(-c5ccccn5)c4)c3c2)cc1. The van der Waals surface area contributed by atoms with Crippen LogP contribution in [0.1, 0.15) is 0 Å². The van der Waals surface area contributed by atoms with Gasteiger partial charge in [0.2, 0.25) is 0 Å². The first kappa shape index (κ1) is 22.9. The maximum Gasteiger partial charge on any atom is 0.124 e. The van der Waals surface area contributed by atoms with Crippen LogP contribution >= 0.6 is 11.3 Å². The van der Waals surface area contributed by atoms with Gasteiger partial charge in [0.05, 0.1) is 26.9 Å². The van der Waals surface area contributed by atoms with Crippen LogP contribution in [0.2, 0.25) is 0 Å². The Morgan fingerprint density at radius 3 is 2.05 bits per heavy atom. The Morgan fingerprint density at radius 2 is 1.25 bits per heavy atom. The summed E-state index contributed by atoms with van der Waals surface area (Å²) in [5, 5.41) is 3.49. The molecule has 0 fully saturated rings. The van der Waals surface area contributed by atoms with E-state index in [4.69, 9.17) is 4.98 Å². The average molecular weight is 530 g/mol. The molecule has 0 aliphatic carbocycles. The number of nitrogens with zero attached hydrogens (tertiary/aromatic N) is 3.